The zero-order valence-electron chi connectivity index (χ0n) is 18.0. The fourth-order valence-corrected chi connectivity index (χ4v) is 3.15. The van der Waals surface area contributed by atoms with Crippen LogP contribution in [-0.2, 0) is 11.2 Å². The molecule has 0 aliphatic carbocycles. The van der Waals surface area contributed by atoms with Gasteiger partial charge < -0.3 is 15.2 Å². The topological polar surface area (TPSA) is 109 Å². The minimum atomic E-state index is -0.906. The van der Waals surface area contributed by atoms with Crippen LogP contribution in [0.15, 0.2) is 45.9 Å². The molecule has 2 heterocycles. The molecule has 2 aromatic heterocycles. The smallest absolute Gasteiger partial charge is 0.438 e. The van der Waals surface area contributed by atoms with Crippen LogP contribution in [0.1, 0.15) is 37.6 Å². The van der Waals surface area contributed by atoms with Crippen LogP contribution < -0.4 is 16.0 Å². The van der Waals surface area contributed by atoms with Gasteiger partial charge in [-0.2, -0.15) is 5.10 Å². The van der Waals surface area contributed by atoms with Gasteiger partial charge in [0, 0.05) is 22.7 Å². The highest BCUT2D eigenvalue weighted by Crippen LogP contribution is 2.33. The number of carbonyl (C=O) groups excluding carboxylic acids is 1. The van der Waals surface area contributed by atoms with E-state index in [0.717, 1.165) is 0 Å². The molecule has 0 unspecified atom stereocenters. The van der Waals surface area contributed by atoms with Crippen LogP contribution >= 0.6 is 15.9 Å². The number of aromatic nitrogens is 3. The molecule has 3 aromatic rings. The number of aryl methyl sites for hydroxylation is 1. The van der Waals surface area contributed by atoms with Crippen molar-refractivity contribution in [3.63, 3.8) is 0 Å². The Balaban J connectivity index is 1.95. The molecule has 0 aliphatic rings. The zero-order valence-corrected chi connectivity index (χ0v) is 19.6. The third-order valence-electron chi connectivity index (χ3n) is 4.19. The molecule has 0 bridgehead atoms. The predicted octanol–water partition coefficient (Wildman–Crippen LogP) is 4.60. The molecule has 0 amide bonds. The number of pyridine rings is 1. The lowest BCUT2D eigenvalue weighted by Crippen LogP contribution is -2.36. The first-order valence-electron chi connectivity index (χ1n) is 9.63. The molecule has 0 saturated carbocycles. The second-order valence-corrected chi connectivity index (χ2v) is 9.01. The Kier molecular flexibility index (Phi) is 6.63. The van der Waals surface area contributed by atoms with E-state index in [9.17, 15) is 9.59 Å². The predicted molar refractivity (Wildman–Crippen MR) is 120 cm³/mol. The van der Waals surface area contributed by atoms with E-state index in [1.165, 1.54) is 24.4 Å². The minimum absolute atomic E-state index is 0.0108. The normalized spacial score (nSPS) is 11.3. The fraction of sp³-hybridized carbons (Fsp3) is 0.273. The molecule has 8 nitrogen and oxygen atoms in total. The zero-order chi connectivity index (χ0) is 23.6. The van der Waals surface area contributed by atoms with E-state index < -0.39 is 23.1 Å². The first-order chi connectivity index (χ1) is 14.9. The van der Waals surface area contributed by atoms with Gasteiger partial charge in [0.05, 0.1) is 17.6 Å². The minimum Gasteiger partial charge on any atom is -0.450 e. The van der Waals surface area contributed by atoms with Gasteiger partial charge in [-0.1, -0.05) is 6.07 Å². The SMILES string of the molecule is Cc1cc(Cc2ccc(N)c(Oc3cncc(Br)c3)c2F)nn(C(=O)OC(C)(C)C)c1=O. The molecule has 2 N–H and O–H groups in total. The lowest BCUT2D eigenvalue weighted by molar-refractivity contribution is 0.0504. The van der Waals surface area contributed by atoms with Gasteiger partial charge in [0.1, 0.15) is 11.4 Å². The highest BCUT2D eigenvalue weighted by atomic mass is 79.9. The van der Waals surface area contributed by atoms with Crippen LogP contribution in [0.3, 0.4) is 0 Å². The highest BCUT2D eigenvalue weighted by Gasteiger charge is 2.22. The van der Waals surface area contributed by atoms with Gasteiger partial charge in [-0.25, -0.2) is 9.18 Å². The van der Waals surface area contributed by atoms with E-state index in [4.69, 9.17) is 15.2 Å². The number of hydrogen-bond acceptors (Lipinski definition) is 7. The van der Waals surface area contributed by atoms with Gasteiger partial charge in [-0.05, 0) is 67.4 Å². The van der Waals surface area contributed by atoms with Gasteiger partial charge in [0.15, 0.2) is 11.6 Å². The number of nitrogens with zero attached hydrogens (tertiary/aromatic N) is 3. The maximum absolute atomic E-state index is 15.2. The summed E-state index contributed by atoms with van der Waals surface area (Å²) < 4.78 is 27.4. The third kappa shape index (κ3) is 5.50. The van der Waals surface area contributed by atoms with E-state index in [1.54, 1.807) is 40.0 Å². The summed E-state index contributed by atoms with van der Waals surface area (Å²) in [5.41, 5.74) is 5.40. The molecular formula is C22H22BrFN4O4. The lowest BCUT2D eigenvalue weighted by Gasteiger charge is -2.19. The van der Waals surface area contributed by atoms with Gasteiger partial charge >= 0.3 is 6.09 Å². The van der Waals surface area contributed by atoms with E-state index in [0.29, 0.717) is 20.6 Å². The van der Waals surface area contributed by atoms with Crippen molar-refractivity contribution < 1.29 is 18.7 Å². The molecule has 3 rings (SSSR count). The third-order valence-corrected chi connectivity index (χ3v) is 4.62. The number of hydrogen-bond donors (Lipinski definition) is 1. The molecular weight excluding hydrogens is 483 g/mol. The van der Waals surface area contributed by atoms with Crippen LogP contribution in [-0.4, -0.2) is 26.5 Å². The number of benzene rings is 1. The molecule has 0 saturated heterocycles. The van der Waals surface area contributed by atoms with Gasteiger partial charge in [-0.3, -0.25) is 9.78 Å². The molecule has 0 fully saturated rings. The molecule has 168 valence electrons. The Morgan fingerprint density at radius 3 is 2.62 bits per heavy atom. The Labute approximate surface area is 192 Å². The van der Waals surface area contributed by atoms with Crippen LogP contribution in [0.25, 0.3) is 0 Å². The van der Waals surface area contributed by atoms with E-state index in [2.05, 4.69) is 26.0 Å². The molecule has 0 atom stereocenters. The van der Waals surface area contributed by atoms with Crippen molar-refractivity contribution in [3.8, 4) is 11.5 Å². The van der Waals surface area contributed by atoms with Crippen LogP contribution in [0, 0.1) is 12.7 Å². The first-order valence-corrected chi connectivity index (χ1v) is 10.4. The summed E-state index contributed by atoms with van der Waals surface area (Å²) in [5.74, 6) is -0.534. The largest absolute Gasteiger partial charge is 0.450 e. The fourth-order valence-electron chi connectivity index (χ4n) is 2.81. The monoisotopic (exact) mass is 504 g/mol. The number of nitrogen functional groups attached to an aromatic ring is 1. The van der Waals surface area contributed by atoms with Gasteiger partial charge in [0.25, 0.3) is 5.56 Å². The molecule has 0 aliphatic heterocycles. The Morgan fingerprint density at radius 2 is 1.97 bits per heavy atom. The maximum Gasteiger partial charge on any atom is 0.438 e. The van der Waals surface area contributed by atoms with Crippen molar-refractivity contribution in [2.75, 3.05) is 5.73 Å². The van der Waals surface area contributed by atoms with Crippen molar-refractivity contribution in [2.24, 2.45) is 0 Å². The standard InChI is InChI=1S/C22H22BrFN4O4/c1-12-7-15(27-28(20(12)29)21(30)32-22(2,3)4)8-13-5-6-17(25)19(18(13)24)31-16-9-14(23)10-26-11-16/h5-7,9-11H,8,25H2,1-4H3. The van der Waals surface area contributed by atoms with Crippen LogP contribution in [0.5, 0.6) is 11.5 Å². The van der Waals surface area contributed by atoms with Crippen molar-refractivity contribution in [1.29, 1.82) is 0 Å². The van der Waals surface area contributed by atoms with Crippen LogP contribution in [0.4, 0.5) is 14.9 Å². The summed E-state index contributed by atoms with van der Waals surface area (Å²) in [4.78, 5) is 28.7. The Hall–Kier alpha value is -3.27. The molecule has 0 radical (unpaired) electrons. The summed E-state index contributed by atoms with van der Waals surface area (Å²) in [6.07, 6.45) is 2.08. The molecule has 32 heavy (non-hydrogen) atoms. The first kappa shape index (κ1) is 23.4. The average Bonchev–Trinajstić information content (AvgIpc) is 2.68. The van der Waals surface area contributed by atoms with Crippen molar-refractivity contribution in [1.82, 2.24) is 14.8 Å². The summed E-state index contributed by atoms with van der Waals surface area (Å²) >= 11 is 3.28. The summed E-state index contributed by atoms with van der Waals surface area (Å²) in [6, 6.07) is 6.13. The van der Waals surface area contributed by atoms with Crippen molar-refractivity contribution in [3.05, 3.63) is 74.1 Å². The van der Waals surface area contributed by atoms with E-state index in [-0.39, 0.29) is 29.0 Å². The van der Waals surface area contributed by atoms with Gasteiger partial charge in [-0.15, -0.1) is 4.68 Å². The number of halogens is 2. The number of ether oxygens (including phenoxy) is 2. The number of nitrogens with two attached hydrogens (primary N) is 1. The summed E-state index contributed by atoms with van der Waals surface area (Å²) in [6.45, 7) is 6.58. The molecule has 10 heteroatoms. The van der Waals surface area contributed by atoms with E-state index in [1.807, 2.05) is 0 Å². The lowest BCUT2D eigenvalue weighted by atomic mass is 10.1. The van der Waals surface area contributed by atoms with E-state index >= 15 is 4.39 Å². The summed E-state index contributed by atoms with van der Waals surface area (Å²) in [7, 11) is 0. The van der Waals surface area contributed by atoms with Crippen LogP contribution in [0.2, 0.25) is 0 Å². The van der Waals surface area contributed by atoms with Crippen molar-refractivity contribution in [2.45, 2.75) is 39.7 Å². The van der Waals surface area contributed by atoms with Gasteiger partial charge in [0.2, 0.25) is 0 Å². The Bertz CT molecular complexity index is 1240. The quantitative estimate of drug-likeness (QED) is 0.517. The molecule has 1 aromatic carbocycles. The molecule has 0 spiro atoms. The second kappa shape index (κ2) is 9.07. The average molecular weight is 505 g/mol. The number of anilines is 1. The summed E-state index contributed by atoms with van der Waals surface area (Å²) in [5, 5.41) is 4.08. The van der Waals surface area contributed by atoms with Crippen molar-refractivity contribution >= 4 is 27.7 Å². The number of rotatable bonds is 4. The Morgan fingerprint density at radius 1 is 1.25 bits per heavy atom. The second-order valence-electron chi connectivity index (χ2n) is 8.09. The highest BCUT2D eigenvalue weighted by molar-refractivity contribution is 9.10. The number of carbonyl (C=O) groups is 1. The maximum atomic E-state index is 15.2.